The number of hydrogen-bond donors (Lipinski definition) is 0. The monoisotopic (exact) mass is 353 g/mol. The lowest BCUT2D eigenvalue weighted by atomic mass is 9.83. The van der Waals surface area contributed by atoms with Crippen molar-refractivity contribution in [2.24, 2.45) is 11.8 Å². The lowest BCUT2D eigenvalue weighted by Gasteiger charge is -2.26. The van der Waals surface area contributed by atoms with Crippen LogP contribution in [0.3, 0.4) is 0 Å². The Morgan fingerprint density at radius 3 is 2.54 bits per heavy atom. The minimum absolute atomic E-state index is 0.675. The fourth-order valence-electron chi connectivity index (χ4n) is 4.71. The molecule has 2 saturated heterocycles. The largest absolute Gasteiger partial charge is 0.446 e. The number of nitrogens with zero attached hydrogens (tertiary/aromatic N) is 5. The summed E-state index contributed by atoms with van der Waals surface area (Å²) in [4.78, 5) is 18.3. The highest BCUT2D eigenvalue weighted by atomic mass is 16.3. The molecule has 6 heteroatoms. The van der Waals surface area contributed by atoms with E-state index < -0.39 is 0 Å². The van der Waals surface area contributed by atoms with Crippen LogP contribution in [0.4, 0.5) is 5.82 Å². The Balaban J connectivity index is 1.17. The number of oxazole rings is 1. The van der Waals surface area contributed by atoms with Crippen LogP contribution in [0.25, 0.3) is 0 Å². The van der Waals surface area contributed by atoms with Crippen molar-refractivity contribution < 1.29 is 4.42 Å². The van der Waals surface area contributed by atoms with Gasteiger partial charge < -0.3 is 14.2 Å². The smallest absolute Gasteiger partial charge is 0.191 e. The minimum Gasteiger partial charge on any atom is -0.446 e. The highest BCUT2D eigenvalue weighted by molar-refractivity contribution is 5.42. The highest BCUT2D eigenvalue weighted by Gasteiger charge is 2.40. The SMILES string of the molecule is Cc1ncc(CCN2CC3CN(c4cc(C5CCC5)ncn4)CC3C2)o1. The summed E-state index contributed by atoms with van der Waals surface area (Å²) in [5.41, 5.74) is 1.25. The van der Waals surface area contributed by atoms with E-state index in [0.29, 0.717) is 5.92 Å². The number of anilines is 1. The van der Waals surface area contributed by atoms with Crippen LogP contribution in [0.2, 0.25) is 0 Å². The van der Waals surface area contributed by atoms with E-state index in [9.17, 15) is 0 Å². The topological polar surface area (TPSA) is 58.3 Å². The molecule has 1 saturated carbocycles. The molecule has 2 atom stereocenters. The maximum Gasteiger partial charge on any atom is 0.191 e. The predicted molar refractivity (Wildman–Crippen MR) is 99.2 cm³/mol. The van der Waals surface area contributed by atoms with E-state index in [1.807, 2.05) is 13.1 Å². The van der Waals surface area contributed by atoms with Gasteiger partial charge in [0.15, 0.2) is 5.89 Å². The predicted octanol–water partition coefficient (Wildman–Crippen LogP) is 2.65. The van der Waals surface area contributed by atoms with E-state index in [1.54, 1.807) is 6.33 Å². The zero-order valence-electron chi connectivity index (χ0n) is 15.5. The van der Waals surface area contributed by atoms with Crippen LogP contribution in [0.15, 0.2) is 23.0 Å². The molecule has 3 fully saturated rings. The Morgan fingerprint density at radius 2 is 1.88 bits per heavy atom. The first kappa shape index (κ1) is 16.2. The number of aromatic nitrogens is 3. The van der Waals surface area contributed by atoms with Crippen LogP contribution in [0.1, 0.15) is 42.5 Å². The van der Waals surface area contributed by atoms with Crippen LogP contribution >= 0.6 is 0 Å². The summed E-state index contributed by atoms with van der Waals surface area (Å²) >= 11 is 0. The zero-order chi connectivity index (χ0) is 17.5. The molecule has 0 spiro atoms. The molecule has 5 rings (SSSR count). The molecule has 2 aliphatic heterocycles. The quantitative estimate of drug-likeness (QED) is 0.824. The second-order valence-corrected chi connectivity index (χ2v) is 8.21. The molecule has 0 bridgehead atoms. The van der Waals surface area contributed by atoms with Crippen LogP contribution in [-0.2, 0) is 6.42 Å². The third kappa shape index (κ3) is 3.11. The van der Waals surface area contributed by atoms with Gasteiger partial charge in [-0.3, -0.25) is 0 Å². The van der Waals surface area contributed by atoms with Crippen molar-refractivity contribution in [3.63, 3.8) is 0 Å². The van der Waals surface area contributed by atoms with E-state index >= 15 is 0 Å². The Bertz CT molecular complexity index is 757. The highest BCUT2D eigenvalue weighted by Crippen LogP contribution is 2.37. The molecular formula is C20H27N5O. The number of aryl methyl sites for hydroxylation is 1. The standard InChI is InChI=1S/C20H27N5O/c1-14-21-8-18(26-14)5-6-24-9-16-11-25(12-17(16)10-24)20-7-19(22-13-23-20)15-3-2-4-15/h7-8,13,15-17H,2-6,9-12H2,1H3. The number of rotatable bonds is 5. The molecule has 26 heavy (non-hydrogen) atoms. The summed E-state index contributed by atoms with van der Waals surface area (Å²) in [5.74, 6) is 5.10. The summed E-state index contributed by atoms with van der Waals surface area (Å²) < 4.78 is 5.60. The van der Waals surface area contributed by atoms with Crippen molar-refractivity contribution in [3.8, 4) is 0 Å². The van der Waals surface area contributed by atoms with E-state index in [-0.39, 0.29) is 0 Å². The summed E-state index contributed by atoms with van der Waals surface area (Å²) in [5, 5.41) is 0. The van der Waals surface area contributed by atoms with Gasteiger partial charge in [-0.05, 0) is 24.7 Å². The maximum absolute atomic E-state index is 5.60. The Kier molecular flexibility index (Phi) is 4.15. The number of likely N-dealkylation sites (tertiary alicyclic amines) is 1. The van der Waals surface area contributed by atoms with Crippen molar-refractivity contribution in [2.75, 3.05) is 37.6 Å². The average Bonchev–Trinajstić information content (AvgIpc) is 3.26. The van der Waals surface area contributed by atoms with Crippen LogP contribution < -0.4 is 4.90 Å². The molecule has 4 heterocycles. The molecule has 3 aliphatic rings. The van der Waals surface area contributed by atoms with Gasteiger partial charge in [0, 0.05) is 63.7 Å². The average molecular weight is 353 g/mol. The first-order valence-electron chi connectivity index (χ1n) is 9.95. The van der Waals surface area contributed by atoms with E-state index in [1.165, 1.54) is 38.0 Å². The molecule has 0 amide bonds. The summed E-state index contributed by atoms with van der Waals surface area (Å²) in [6.07, 6.45) is 8.52. The fourth-order valence-corrected chi connectivity index (χ4v) is 4.71. The van der Waals surface area contributed by atoms with E-state index in [4.69, 9.17) is 4.42 Å². The number of hydrogen-bond acceptors (Lipinski definition) is 6. The van der Waals surface area contributed by atoms with Crippen LogP contribution in [0.5, 0.6) is 0 Å². The van der Waals surface area contributed by atoms with Gasteiger partial charge in [-0.25, -0.2) is 15.0 Å². The van der Waals surface area contributed by atoms with Crippen molar-refractivity contribution in [3.05, 3.63) is 35.9 Å². The second-order valence-electron chi connectivity index (χ2n) is 8.21. The van der Waals surface area contributed by atoms with Crippen molar-refractivity contribution in [2.45, 2.75) is 38.5 Å². The normalized spacial score (nSPS) is 26.3. The minimum atomic E-state index is 0.675. The molecule has 0 aromatic carbocycles. The van der Waals surface area contributed by atoms with E-state index in [0.717, 1.165) is 55.4 Å². The Morgan fingerprint density at radius 1 is 1.08 bits per heavy atom. The van der Waals surface area contributed by atoms with Gasteiger partial charge in [-0.1, -0.05) is 6.42 Å². The Labute approximate surface area is 154 Å². The first-order chi connectivity index (χ1) is 12.7. The van der Waals surface area contributed by atoms with Gasteiger partial charge in [0.25, 0.3) is 0 Å². The van der Waals surface area contributed by atoms with Gasteiger partial charge in [0.05, 0.1) is 6.20 Å². The molecule has 0 N–H and O–H groups in total. The van der Waals surface area contributed by atoms with E-state index in [2.05, 4.69) is 30.8 Å². The molecule has 2 aromatic rings. The third-order valence-corrected chi connectivity index (χ3v) is 6.43. The first-order valence-corrected chi connectivity index (χ1v) is 9.95. The van der Waals surface area contributed by atoms with Crippen molar-refractivity contribution >= 4 is 5.82 Å². The maximum atomic E-state index is 5.60. The van der Waals surface area contributed by atoms with Crippen molar-refractivity contribution in [1.82, 2.24) is 19.9 Å². The molecule has 1 aliphatic carbocycles. The summed E-state index contributed by atoms with van der Waals surface area (Å²) in [6.45, 7) is 7.61. The molecule has 0 radical (unpaired) electrons. The molecule has 2 unspecified atom stereocenters. The second kappa shape index (κ2) is 6.65. The van der Waals surface area contributed by atoms with Crippen LogP contribution in [0, 0.1) is 18.8 Å². The number of fused-ring (bicyclic) bond motifs is 1. The van der Waals surface area contributed by atoms with Gasteiger partial charge in [-0.2, -0.15) is 0 Å². The molecule has 138 valence electrons. The van der Waals surface area contributed by atoms with Gasteiger partial charge in [-0.15, -0.1) is 0 Å². The van der Waals surface area contributed by atoms with Crippen molar-refractivity contribution in [1.29, 1.82) is 0 Å². The third-order valence-electron chi connectivity index (χ3n) is 6.43. The molecule has 2 aromatic heterocycles. The fraction of sp³-hybridized carbons (Fsp3) is 0.650. The molecule has 6 nitrogen and oxygen atoms in total. The molecular weight excluding hydrogens is 326 g/mol. The zero-order valence-corrected chi connectivity index (χ0v) is 15.5. The van der Waals surface area contributed by atoms with Gasteiger partial charge in [0.1, 0.15) is 17.9 Å². The van der Waals surface area contributed by atoms with Gasteiger partial charge >= 0.3 is 0 Å². The lowest BCUT2D eigenvalue weighted by molar-refractivity contribution is 0.309. The summed E-state index contributed by atoms with van der Waals surface area (Å²) in [6, 6.07) is 2.24. The van der Waals surface area contributed by atoms with Crippen LogP contribution in [-0.4, -0.2) is 52.6 Å². The lowest BCUT2D eigenvalue weighted by Crippen LogP contribution is -2.30. The van der Waals surface area contributed by atoms with Gasteiger partial charge in [0.2, 0.25) is 0 Å². The summed E-state index contributed by atoms with van der Waals surface area (Å²) in [7, 11) is 0. The Hall–Kier alpha value is -1.95.